The van der Waals surface area contributed by atoms with Crippen molar-refractivity contribution in [3.63, 3.8) is 0 Å². The van der Waals surface area contributed by atoms with Gasteiger partial charge in [-0.1, -0.05) is 0 Å². The van der Waals surface area contributed by atoms with E-state index >= 15 is 0 Å². The molecule has 0 aromatic heterocycles. The molecule has 4 amide bonds. The molecule has 57 heteroatoms. The van der Waals surface area contributed by atoms with Crippen LogP contribution in [0, 0.1) is 0 Å². The largest absolute Gasteiger partial charge is 0.394 e. The summed E-state index contributed by atoms with van der Waals surface area (Å²) in [7, 11) is 0. The first kappa shape index (κ1) is 109. The van der Waals surface area contributed by atoms with Crippen LogP contribution in [0.5, 0.6) is 0 Å². The van der Waals surface area contributed by atoms with Gasteiger partial charge in [0.2, 0.25) is 23.6 Å². The molecule has 10 fully saturated rings. The summed E-state index contributed by atoms with van der Waals surface area (Å²) in [4.78, 5) is 52.6. The van der Waals surface area contributed by atoms with Crippen LogP contribution in [0.4, 0.5) is 0 Å². The van der Waals surface area contributed by atoms with Crippen molar-refractivity contribution in [2.24, 2.45) is 0 Å². The molecule has 54 atom stereocenters. The molecule has 57 nitrogen and oxygen atoms in total. The fourth-order valence-corrected chi connectivity index (χ4v) is 16.7. The van der Waals surface area contributed by atoms with E-state index in [0.717, 1.165) is 27.7 Å². The van der Waals surface area contributed by atoms with E-state index in [4.69, 9.17) is 94.7 Å². The monoisotopic (exact) mass is 1920 g/mol. The number of nitrogens with one attached hydrogen (secondary N) is 4. The van der Waals surface area contributed by atoms with Crippen LogP contribution >= 0.6 is 0 Å². The first-order valence-corrected chi connectivity index (χ1v) is 42.1. The third kappa shape index (κ3) is 24.7. The average Bonchev–Trinajstić information content (AvgIpc) is 0.776. The smallest absolute Gasteiger partial charge is 0.217 e. The van der Waals surface area contributed by atoms with Gasteiger partial charge in [-0.3, -0.25) is 19.2 Å². The van der Waals surface area contributed by atoms with Gasteiger partial charge in [0, 0.05) is 27.7 Å². The lowest BCUT2D eigenvalue weighted by atomic mass is 9.94. The van der Waals surface area contributed by atoms with Crippen molar-refractivity contribution in [2.45, 2.75) is 380 Å². The van der Waals surface area contributed by atoms with Crippen molar-refractivity contribution in [3.05, 3.63) is 0 Å². The quantitative estimate of drug-likeness (QED) is 0.0277. The van der Waals surface area contributed by atoms with Gasteiger partial charge in [0.1, 0.15) is 244 Å². The molecule has 0 aromatic carbocycles. The third-order valence-corrected chi connectivity index (χ3v) is 24.1. The molecule has 10 aliphatic heterocycles. The number of rotatable bonds is 36. The Kier molecular flexibility index (Phi) is 39.7. The summed E-state index contributed by atoms with van der Waals surface area (Å²) in [5, 5.41) is 334. The van der Waals surface area contributed by atoms with Gasteiger partial charge >= 0.3 is 0 Å². The van der Waals surface area contributed by atoms with Gasteiger partial charge in [0.15, 0.2) is 62.9 Å². The predicted molar refractivity (Wildman–Crippen MR) is 407 cm³/mol. The molecule has 33 N–H and O–H groups in total. The van der Waals surface area contributed by atoms with Crippen molar-refractivity contribution >= 4 is 23.6 Å². The van der Waals surface area contributed by atoms with Crippen molar-refractivity contribution in [3.8, 4) is 0 Å². The Balaban J connectivity index is 0.954. The highest BCUT2D eigenvalue weighted by Gasteiger charge is 2.62. The lowest BCUT2D eigenvalue weighted by molar-refractivity contribution is -0.390. The number of aliphatic hydroxyl groups excluding tert-OH is 29. The van der Waals surface area contributed by atoms with Crippen molar-refractivity contribution in [1.29, 1.82) is 0 Å². The number of ether oxygens (including phenoxy) is 20. The molecular weight excluding hydrogens is 1790 g/mol. The summed E-state index contributed by atoms with van der Waals surface area (Å²) in [6.45, 7) is -3.06. The van der Waals surface area contributed by atoms with Gasteiger partial charge in [-0.2, -0.15) is 0 Å². The second-order valence-electron chi connectivity index (χ2n) is 33.5. The lowest BCUT2D eigenvalue weighted by Gasteiger charge is -2.50. The number of amides is 4. The number of carbonyl (C=O) groups is 4. The Labute approximate surface area is 743 Å². The van der Waals surface area contributed by atoms with Gasteiger partial charge < -0.3 is 264 Å². The molecule has 0 aliphatic carbocycles. The standard InChI is InChI=1S/C74H126N4O53/c1-17-36(91)47(102)53(108)68(114-17)129-62-50(105)40(95)26(9-80)117-72(62)125-58-29(12-83)120-65(33(44(58)99)76-21(5)87)112-15-25(90)39(94)57(24(8-79)75-20(4)86)124-71-56(111)61(128-67-35(78-23(7)89)46(101)60(31(14-85)122-67)127-74-64(52(107)42(97)28(11-82)119-74)131-70-55(110)49(104)38(93)19(3)116-70)43(98)32(123-71)16-113-66-34(77-22(6)88)45(100)59(30(13-84)121-66)126-73-63(51(106)41(96)27(10-81)118-73)130-69-54(109)48(103)37(92)18(2)115-69/h17-19,24-74,79-85,90-111H,8-16H2,1-7H3,(H,75,86)(H,76,87)(H,77,88)(H,78,89)/t17-,18-,19-,24-,25+,26+,27+,28+,29+,30+,31+,32+,33+,34+,35+,36+,37+,38+,39-,40-,41-,42-,43-,44+,45+,46+,47+,48+,49+,50-,51-,52-,53-,54-,55-,56+,57+,58+,59+,60+,61-,62+,63+,64+,65+,66+,67-,68-,69-,70-,71-,72-,73-,74-/m0/s1. The normalized spacial score (nSPS) is 48.1. The Hall–Kier alpha value is -4.08. The maximum Gasteiger partial charge on any atom is 0.217 e. The Bertz CT molecular complexity index is 3540. The van der Waals surface area contributed by atoms with Gasteiger partial charge in [-0.15, -0.1) is 0 Å². The minimum atomic E-state index is -2.65. The average molecular weight is 1920 g/mol. The molecule has 0 bridgehead atoms. The van der Waals surface area contributed by atoms with E-state index in [-0.39, 0.29) is 0 Å². The Morgan fingerprint density at radius 3 is 0.901 bits per heavy atom. The zero-order valence-corrected chi connectivity index (χ0v) is 71.3. The summed E-state index contributed by atoms with van der Waals surface area (Å²) in [6, 6.07) is -7.96. The third-order valence-electron chi connectivity index (χ3n) is 24.1. The van der Waals surface area contributed by atoms with Crippen LogP contribution in [0.3, 0.4) is 0 Å². The van der Waals surface area contributed by atoms with Crippen LogP contribution in [0.1, 0.15) is 48.5 Å². The van der Waals surface area contributed by atoms with Crippen LogP contribution < -0.4 is 21.3 Å². The van der Waals surface area contributed by atoms with Gasteiger partial charge in [0.25, 0.3) is 0 Å². The van der Waals surface area contributed by atoms with E-state index in [2.05, 4.69) is 21.3 Å². The number of carbonyl (C=O) groups excluding carboxylic acids is 4. The fourth-order valence-electron chi connectivity index (χ4n) is 16.7. The topological polar surface area (TPSA) is 888 Å². The fraction of sp³-hybridized carbons (Fsp3) is 0.946. The van der Waals surface area contributed by atoms with Crippen LogP contribution in [0.2, 0.25) is 0 Å². The van der Waals surface area contributed by atoms with Gasteiger partial charge in [-0.25, -0.2) is 0 Å². The predicted octanol–water partition coefficient (Wildman–Crippen LogP) is -21.7. The highest BCUT2D eigenvalue weighted by Crippen LogP contribution is 2.41. The zero-order valence-electron chi connectivity index (χ0n) is 71.3. The van der Waals surface area contributed by atoms with Crippen molar-refractivity contribution < 1.29 is 262 Å². The maximum absolute atomic E-state index is 13.3. The van der Waals surface area contributed by atoms with E-state index in [9.17, 15) is 167 Å². The highest BCUT2D eigenvalue weighted by atomic mass is 16.8. The van der Waals surface area contributed by atoms with E-state index in [1.165, 1.54) is 20.8 Å². The molecular formula is C74H126N4O53. The van der Waals surface area contributed by atoms with Gasteiger partial charge in [-0.05, 0) is 20.8 Å². The minimum Gasteiger partial charge on any atom is -0.394 e. The molecule has 0 spiro atoms. The van der Waals surface area contributed by atoms with Crippen molar-refractivity contribution in [2.75, 3.05) is 59.5 Å². The van der Waals surface area contributed by atoms with Crippen LogP contribution in [0.25, 0.3) is 0 Å². The summed E-state index contributed by atoms with van der Waals surface area (Å²) in [6.07, 6.45) is -102. The first-order valence-electron chi connectivity index (χ1n) is 42.1. The molecule has 0 aromatic rings. The molecule has 760 valence electrons. The molecule has 0 unspecified atom stereocenters. The van der Waals surface area contributed by atoms with Crippen molar-refractivity contribution in [1.82, 2.24) is 21.3 Å². The number of hydrogen-bond acceptors (Lipinski definition) is 53. The Morgan fingerprint density at radius 2 is 0.580 bits per heavy atom. The molecule has 10 heterocycles. The van der Waals surface area contributed by atoms with E-state index in [0.29, 0.717) is 0 Å². The van der Waals surface area contributed by atoms with Crippen LogP contribution in [-0.2, 0) is 114 Å². The number of aliphatic hydroxyl groups is 29. The molecule has 10 aliphatic rings. The highest BCUT2D eigenvalue weighted by molar-refractivity contribution is 5.74. The molecule has 0 saturated carbocycles. The number of hydrogen-bond donors (Lipinski definition) is 33. The summed E-state index contributed by atoms with van der Waals surface area (Å²) >= 11 is 0. The molecule has 10 saturated heterocycles. The van der Waals surface area contributed by atoms with E-state index < -0.39 is 414 Å². The second-order valence-corrected chi connectivity index (χ2v) is 33.5. The van der Waals surface area contributed by atoms with Crippen LogP contribution in [0.15, 0.2) is 0 Å². The van der Waals surface area contributed by atoms with E-state index in [1.807, 2.05) is 0 Å². The summed E-state index contributed by atoms with van der Waals surface area (Å²) in [5.41, 5.74) is 0. The van der Waals surface area contributed by atoms with Gasteiger partial charge in [0.05, 0.1) is 83.8 Å². The summed E-state index contributed by atoms with van der Waals surface area (Å²) in [5.74, 6) is -3.98. The lowest BCUT2D eigenvalue weighted by Crippen LogP contribution is -2.70. The summed E-state index contributed by atoms with van der Waals surface area (Å²) < 4.78 is 118. The van der Waals surface area contributed by atoms with E-state index in [1.54, 1.807) is 0 Å². The van der Waals surface area contributed by atoms with Crippen LogP contribution in [-0.4, -0.2) is 562 Å². The molecule has 10 rings (SSSR count). The SMILES string of the molecule is CC(=O)N[C@H]1[C@H](OC[C@@H](O)[C@H](O)[C@H](O[C@@H]2O[C@H](CO[C@@H]3O[C@H](CO)[C@@H](O[C@@H]4O[C@H](CO)[C@H](O)[C@H](O)[C@H]4O[C@@H]4O[C@@H](C)[C@@H](O)[C@@H](O)[C@@H]4O)[C@H](O)[C@H]3NC(C)=O)[C@H](O)[C@H](O[C@@H]3O[C@H](CO)[C@@H](O[C@@H]4O[C@H](CO)[C@H](O)[C@H](O)[C@H]4O[C@@H]4O[C@@H](C)[C@@H](O)[C@@H](O)[C@@H]4O)[C@H](O)[C@H]3NC(C)=O)[C@H]2O)[C@H](CO)NC(C)=O)O[C@H](CO)[C@@H](O[C@@H]2O[C@H](CO)[C@H](O)[C@H](O)[C@H]2O[C@@H]2O[C@@H](C)[C@@H](O)[C@@H](O)[C@@H]2O)[C@@H]1O. The first-order chi connectivity index (χ1) is 61.8. The minimum absolute atomic E-state index is 0.889. The molecule has 131 heavy (non-hydrogen) atoms. The Morgan fingerprint density at radius 1 is 0.282 bits per heavy atom. The maximum atomic E-state index is 13.3. The zero-order chi connectivity index (χ0) is 96.8. The molecule has 0 radical (unpaired) electrons. The second kappa shape index (κ2) is 47.7.